The zero-order chi connectivity index (χ0) is 13.0. The van der Waals surface area contributed by atoms with Crippen LogP contribution in [0.4, 0.5) is 4.39 Å². The molecule has 0 aliphatic heterocycles. The summed E-state index contributed by atoms with van der Waals surface area (Å²) in [5, 5.41) is 9.94. The first-order valence-electron chi connectivity index (χ1n) is 5.79. The van der Waals surface area contributed by atoms with Crippen LogP contribution in [0.5, 0.6) is 0 Å². The Bertz CT molecular complexity index is 356. The van der Waals surface area contributed by atoms with E-state index < -0.39 is 12.1 Å². The topological polar surface area (TPSA) is 46.2 Å². The van der Waals surface area contributed by atoms with E-state index in [9.17, 15) is 9.50 Å². The van der Waals surface area contributed by atoms with Crippen LogP contribution in [0.2, 0.25) is 0 Å². The highest BCUT2D eigenvalue weighted by Gasteiger charge is 2.18. The van der Waals surface area contributed by atoms with Gasteiger partial charge in [0.25, 0.3) is 0 Å². The Kier molecular flexibility index (Phi) is 8.03. The van der Waals surface area contributed by atoms with Crippen LogP contribution in [0, 0.1) is 11.7 Å². The van der Waals surface area contributed by atoms with Gasteiger partial charge in [-0.3, -0.25) is 0 Å². The van der Waals surface area contributed by atoms with Gasteiger partial charge in [0.2, 0.25) is 0 Å². The number of benzene rings is 1. The molecule has 0 heterocycles. The van der Waals surface area contributed by atoms with E-state index in [0.717, 1.165) is 6.42 Å². The van der Waals surface area contributed by atoms with Crippen LogP contribution >= 0.6 is 28.3 Å². The maximum absolute atomic E-state index is 13.2. The number of hydrogen-bond donors (Lipinski definition) is 2. The zero-order valence-corrected chi connectivity index (χ0v) is 13.0. The smallest absolute Gasteiger partial charge is 0.124 e. The van der Waals surface area contributed by atoms with Crippen molar-refractivity contribution in [2.75, 3.05) is 0 Å². The van der Waals surface area contributed by atoms with Crippen LogP contribution in [0.25, 0.3) is 0 Å². The van der Waals surface area contributed by atoms with Crippen molar-refractivity contribution in [1.29, 1.82) is 0 Å². The molecule has 2 nitrogen and oxygen atoms in total. The van der Waals surface area contributed by atoms with Gasteiger partial charge in [-0.05, 0) is 42.5 Å². The predicted octanol–water partition coefficient (Wildman–Crippen LogP) is 3.81. The fourth-order valence-electron chi connectivity index (χ4n) is 1.67. The minimum atomic E-state index is -0.633. The number of aliphatic hydroxyl groups excluding tert-OH is 1. The Morgan fingerprint density at radius 2 is 1.89 bits per heavy atom. The van der Waals surface area contributed by atoms with Crippen LogP contribution in [0.3, 0.4) is 0 Å². The highest BCUT2D eigenvalue weighted by atomic mass is 79.9. The Morgan fingerprint density at radius 3 is 2.39 bits per heavy atom. The molecule has 1 rings (SSSR count). The van der Waals surface area contributed by atoms with E-state index in [1.807, 2.05) is 0 Å². The molecular formula is C13H20BrClFNO. The van der Waals surface area contributed by atoms with Crippen molar-refractivity contribution >= 4 is 28.3 Å². The minimum absolute atomic E-state index is 0. The molecule has 18 heavy (non-hydrogen) atoms. The van der Waals surface area contributed by atoms with Gasteiger partial charge in [0, 0.05) is 4.47 Å². The van der Waals surface area contributed by atoms with E-state index in [1.54, 1.807) is 6.07 Å². The lowest BCUT2D eigenvalue weighted by Gasteiger charge is -2.20. The van der Waals surface area contributed by atoms with Gasteiger partial charge in [-0.15, -0.1) is 12.4 Å². The van der Waals surface area contributed by atoms with Crippen molar-refractivity contribution in [2.45, 2.75) is 38.8 Å². The second-order valence-electron chi connectivity index (χ2n) is 4.77. The van der Waals surface area contributed by atoms with Crippen LogP contribution in [-0.2, 0) is 0 Å². The summed E-state index contributed by atoms with van der Waals surface area (Å²) in [5.74, 6) is 0.178. The summed E-state index contributed by atoms with van der Waals surface area (Å²) in [5.41, 5.74) is 6.54. The highest BCUT2D eigenvalue weighted by Crippen LogP contribution is 2.23. The van der Waals surface area contributed by atoms with Crippen molar-refractivity contribution < 1.29 is 9.50 Å². The molecule has 0 saturated heterocycles. The second-order valence-corrected chi connectivity index (χ2v) is 5.68. The molecule has 0 unspecified atom stereocenters. The molecule has 0 aromatic heterocycles. The zero-order valence-electron chi connectivity index (χ0n) is 10.6. The molecule has 3 N–H and O–H groups in total. The van der Waals surface area contributed by atoms with Crippen LogP contribution < -0.4 is 5.73 Å². The van der Waals surface area contributed by atoms with Gasteiger partial charge in [-0.2, -0.15) is 0 Å². The Balaban J connectivity index is 0.00000289. The largest absolute Gasteiger partial charge is 0.391 e. The second kappa shape index (κ2) is 8.10. The third-order valence-electron chi connectivity index (χ3n) is 2.72. The SMILES string of the molecule is CC(C)CC[C@H](O)[C@H](N)c1cc(F)cc(Br)c1.Cl. The average molecular weight is 341 g/mol. The van der Waals surface area contributed by atoms with Gasteiger partial charge in [-0.25, -0.2) is 4.39 Å². The Hall–Kier alpha value is -0.160. The third kappa shape index (κ3) is 5.65. The third-order valence-corrected chi connectivity index (χ3v) is 3.18. The number of rotatable bonds is 5. The number of hydrogen-bond acceptors (Lipinski definition) is 2. The number of aliphatic hydroxyl groups is 1. The summed E-state index contributed by atoms with van der Waals surface area (Å²) >= 11 is 3.22. The molecule has 2 atom stereocenters. The molecule has 0 radical (unpaired) electrons. The fourth-order valence-corrected chi connectivity index (χ4v) is 2.16. The highest BCUT2D eigenvalue weighted by molar-refractivity contribution is 9.10. The minimum Gasteiger partial charge on any atom is -0.391 e. The van der Waals surface area contributed by atoms with Gasteiger partial charge in [0.15, 0.2) is 0 Å². The van der Waals surface area contributed by atoms with Crippen LogP contribution in [-0.4, -0.2) is 11.2 Å². The number of nitrogens with two attached hydrogens (primary N) is 1. The van der Waals surface area contributed by atoms with E-state index in [4.69, 9.17) is 5.73 Å². The number of halogens is 3. The lowest BCUT2D eigenvalue weighted by molar-refractivity contribution is 0.128. The molecule has 0 aliphatic carbocycles. The van der Waals surface area contributed by atoms with Crippen molar-refractivity contribution in [3.8, 4) is 0 Å². The van der Waals surface area contributed by atoms with Gasteiger partial charge in [-0.1, -0.05) is 29.8 Å². The van der Waals surface area contributed by atoms with E-state index >= 15 is 0 Å². The molecule has 0 bridgehead atoms. The molecular weight excluding hydrogens is 321 g/mol. The van der Waals surface area contributed by atoms with E-state index in [0.29, 0.717) is 22.4 Å². The molecule has 0 spiro atoms. The molecule has 1 aromatic carbocycles. The predicted molar refractivity (Wildman–Crippen MR) is 78.4 cm³/mol. The van der Waals surface area contributed by atoms with Gasteiger partial charge < -0.3 is 10.8 Å². The monoisotopic (exact) mass is 339 g/mol. The normalized spacial score (nSPS) is 14.2. The lowest BCUT2D eigenvalue weighted by atomic mass is 9.96. The maximum atomic E-state index is 13.2. The van der Waals surface area contributed by atoms with E-state index in [-0.39, 0.29) is 18.2 Å². The first kappa shape index (κ1) is 17.8. The maximum Gasteiger partial charge on any atom is 0.124 e. The lowest BCUT2D eigenvalue weighted by Crippen LogP contribution is -2.26. The Labute approximate surface area is 122 Å². The quantitative estimate of drug-likeness (QED) is 0.856. The molecule has 5 heteroatoms. The van der Waals surface area contributed by atoms with Crippen LogP contribution in [0.15, 0.2) is 22.7 Å². The summed E-state index contributed by atoms with van der Waals surface area (Å²) in [6.45, 7) is 4.19. The molecule has 1 aromatic rings. The molecule has 0 fully saturated rings. The summed E-state index contributed by atoms with van der Waals surface area (Å²) in [6.07, 6.45) is 0.907. The van der Waals surface area contributed by atoms with Crippen molar-refractivity contribution in [1.82, 2.24) is 0 Å². The van der Waals surface area contributed by atoms with Crippen LogP contribution in [0.1, 0.15) is 38.3 Å². The average Bonchev–Trinajstić information content (AvgIpc) is 2.23. The van der Waals surface area contributed by atoms with Gasteiger partial charge in [0.05, 0.1) is 12.1 Å². The Morgan fingerprint density at radius 1 is 1.28 bits per heavy atom. The van der Waals surface area contributed by atoms with E-state index in [1.165, 1.54) is 12.1 Å². The van der Waals surface area contributed by atoms with Crippen molar-refractivity contribution in [2.24, 2.45) is 11.7 Å². The summed E-state index contributed by atoms with van der Waals surface area (Å²) < 4.78 is 13.8. The molecule has 0 amide bonds. The molecule has 0 saturated carbocycles. The first-order valence-corrected chi connectivity index (χ1v) is 6.59. The summed E-state index contributed by atoms with van der Waals surface area (Å²) in [6, 6.07) is 3.94. The standard InChI is InChI=1S/C13H19BrFNO.ClH/c1-8(2)3-4-12(17)13(16)9-5-10(14)7-11(15)6-9;/h5-8,12-13,17H,3-4,16H2,1-2H3;1H/t12-,13+;/m0./s1. The summed E-state index contributed by atoms with van der Waals surface area (Å²) in [4.78, 5) is 0. The molecule has 0 aliphatic rings. The van der Waals surface area contributed by atoms with E-state index in [2.05, 4.69) is 29.8 Å². The van der Waals surface area contributed by atoms with Crippen molar-refractivity contribution in [3.05, 3.63) is 34.1 Å². The molecule has 104 valence electrons. The van der Waals surface area contributed by atoms with Gasteiger partial charge in [0.1, 0.15) is 5.82 Å². The fraction of sp³-hybridized carbons (Fsp3) is 0.538. The first-order chi connectivity index (χ1) is 7.90. The van der Waals surface area contributed by atoms with Gasteiger partial charge >= 0.3 is 0 Å². The van der Waals surface area contributed by atoms with Crippen molar-refractivity contribution in [3.63, 3.8) is 0 Å². The summed E-state index contributed by atoms with van der Waals surface area (Å²) in [7, 11) is 0.